The standard InChI is InChI=1S/C25H33N3O3/c1-8-20(29)31-13-12-28-23-17(10-9-11-26-23)21(27-28)16-14-18(24(2,3)4)22(30)19(15-16)25(5,6)7/h9-11,14-15,30H,8,12-13H2,1-7H3. The molecule has 0 radical (unpaired) electrons. The summed E-state index contributed by atoms with van der Waals surface area (Å²) in [6, 6.07) is 7.95. The monoisotopic (exact) mass is 423 g/mol. The van der Waals surface area contributed by atoms with Crippen LogP contribution in [0.3, 0.4) is 0 Å². The zero-order chi connectivity index (χ0) is 23.0. The van der Waals surface area contributed by atoms with Crippen molar-refractivity contribution in [3.05, 3.63) is 41.6 Å². The number of rotatable bonds is 5. The maximum atomic E-state index is 11.5. The van der Waals surface area contributed by atoms with Gasteiger partial charge in [0.25, 0.3) is 0 Å². The molecule has 0 saturated heterocycles. The zero-order valence-electron chi connectivity index (χ0n) is 19.6. The fourth-order valence-electron chi connectivity index (χ4n) is 3.64. The molecule has 31 heavy (non-hydrogen) atoms. The summed E-state index contributed by atoms with van der Waals surface area (Å²) in [4.78, 5) is 16.0. The number of fused-ring (bicyclic) bond motifs is 1. The molecule has 0 spiro atoms. The van der Waals surface area contributed by atoms with Crippen LogP contribution in [0.4, 0.5) is 0 Å². The lowest BCUT2D eigenvalue weighted by Gasteiger charge is -2.28. The largest absolute Gasteiger partial charge is 0.507 e. The van der Waals surface area contributed by atoms with E-state index in [1.807, 2.05) is 24.3 Å². The predicted octanol–water partition coefficient (Wildman–Crippen LogP) is 5.35. The van der Waals surface area contributed by atoms with Crippen molar-refractivity contribution in [3.63, 3.8) is 0 Å². The van der Waals surface area contributed by atoms with Crippen molar-refractivity contribution in [3.8, 4) is 17.0 Å². The first-order chi connectivity index (χ1) is 14.4. The zero-order valence-corrected chi connectivity index (χ0v) is 19.6. The number of pyridine rings is 1. The Morgan fingerprint density at radius 2 is 1.71 bits per heavy atom. The van der Waals surface area contributed by atoms with Crippen molar-refractivity contribution >= 4 is 17.0 Å². The summed E-state index contributed by atoms with van der Waals surface area (Å²) < 4.78 is 7.03. The number of nitrogens with zero attached hydrogens (tertiary/aromatic N) is 3. The quantitative estimate of drug-likeness (QED) is 0.560. The third-order valence-corrected chi connectivity index (χ3v) is 5.36. The minimum Gasteiger partial charge on any atom is -0.507 e. The van der Waals surface area contributed by atoms with Gasteiger partial charge in [0, 0.05) is 34.7 Å². The van der Waals surface area contributed by atoms with Crippen LogP contribution >= 0.6 is 0 Å². The van der Waals surface area contributed by atoms with Gasteiger partial charge in [-0.05, 0) is 35.1 Å². The molecule has 0 saturated carbocycles. The van der Waals surface area contributed by atoms with Gasteiger partial charge in [-0.25, -0.2) is 9.67 Å². The first-order valence-corrected chi connectivity index (χ1v) is 10.8. The van der Waals surface area contributed by atoms with E-state index in [9.17, 15) is 9.90 Å². The predicted molar refractivity (Wildman–Crippen MR) is 123 cm³/mol. The van der Waals surface area contributed by atoms with Gasteiger partial charge in [0.15, 0.2) is 5.65 Å². The lowest BCUT2D eigenvalue weighted by molar-refractivity contribution is -0.143. The second-order valence-electron chi connectivity index (χ2n) is 9.94. The second-order valence-corrected chi connectivity index (χ2v) is 9.94. The molecular formula is C25H33N3O3. The maximum absolute atomic E-state index is 11.5. The molecule has 1 N–H and O–H groups in total. The Kier molecular flexibility index (Phi) is 6.12. The minimum atomic E-state index is -0.231. The van der Waals surface area contributed by atoms with Gasteiger partial charge in [0.1, 0.15) is 18.1 Å². The van der Waals surface area contributed by atoms with Gasteiger partial charge in [0.2, 0.25) is 0 Å². The second kappa shape index (κ2) is 8.33. The Morgan fingerprint density at radius 3 is 2.26 bits per heavy atom. The van der Waals surface area contributed by atoms with Gasteiger partial charge in [-0.1, -0.05) is 48.5 Å². The number of carbonyl (C=O) groups is 1. The average Bonchev–Trinajstić information content (AvgIpc) is 3.05. The van der Waals surface area contributed by atoms with Crippen molar-refractivity contribution in [2.75, 3.05) is 6.61 Å². The molecule has 1 aromatic carbocycles. The molecule has 166 valence electrons. The number of benzene rings is 1. The molecule has 3 rings (SSSR count). The van der Waals surface area contributed by atoms with Crippen molar-refractivity contribution in [1.29, 1.82) is 0 Å². The van der Waals surface area contributed by atoms with E-state index in [1.54, 1.807) is 17.8 Å². The van der Waals surface area contributed by atoms with Gasteiger partial charge in [-0.3, -0.25) is 4.79 Å². The van der Waals surface area contributed by atoms with E-state index >= 15 is 0 Å². The third-order valence-electron chi connectivity index (χ3n) is 5.36. The van der Waals surface area contributed by atoms with Crippen LogP contribution in [0.15, 0.2) is 30.5 Å². The number of aromatic nitrogens is 3. The molecule has 2 heterocycles. The van der Waals surface area contributed by atoms with Gasteiger partial charge in [0.05, 0.1) is 6.54 Å². The summed E-state index contributed by atoms with van der Waals surface area (Å²) in [6.07, 6.45) is 2.09. The normalized spacial score (nSPS) is 12.4. The summed E-state index contributed by atoms with van der Waals surface area (Å²) in [6.45, 7) is 15.0. The number of hydrogen-bond acceptors (Lipinski definition) is 5. The first kappa shape index (κ1) is 22.8. The van der Waals surface area contributed by atoms with Crippen molar-refractivity contribution in [2.45, 2.75) is 72.3 Å². The minimum absolute atomic E-state index is 0.229. The molecule has 6 heteroatoms. The third kappa shape index (κ3) is 4.73. The molecule has 0 fully saturated rings. The number of phenolic OH excluding ortho intramolecular Hbond substituents is 1. The number of phenols is 1. The van der Waals surface area contributed by atoms with Crippen LogP contribution in [-0.2, 0) is 26.9 Å². The van der Waals surface area contributed by atoms with Crippen LogP contribution in [0.2, 0.25) is 0 Å². The first-order valence-electron chi connectivity index (χ1n) is 10.8. The SMILES string of the molecule is CCC(=O)OCCn1nc(-c2cc(C(C)(C)C)c(O)c(C(C)(C)C)c2)c2cccnc21. The number of aromatic hydroxyl groups is 1. The van der Waals surface area contributed by atoms with Crippen LogP contribution in [0.5, 0.6) is 5.75 Å². The van der Waals surface area contributed by atoms with Crippen molar-refractivity contribution in [2.24, 2.45) is 0 Å². The summed E-state index contributed by atoms with van der Waals surface area (Å²) >= 11 is 0. The van der Waals surface area contributed by atoms with Crippen LogP contribution in [0.25, 0.3) is 22.3 Å². The van der Waals surface area contributed by atoms with Gasteiger partial charge in [-0.15, -0.1) is 0 Å². The fourth-order valence-corrected chi connectivity index (χ4v) is 3.64. The Morgan fingerprint density at radius 1 is 1.10 bits per heavy atom. The fraction of sp³-hybridized carbons (Fsp3) is 0.480. The number of ether oxygens (including phenoxy) is 1. The average molecular weight is 424 g/mol. The highest BCUT2D eigenvalue weighted by Crippen LogP contribution is 2.42. The summed E-state index contributed by atoms with van der Waals surface area (Å²) in [5.74, 6) is 0.116. The molecule has 0 bridgehead atoms. The molecule has 0 aliphatic carbocycles. The van der Waals surface area contributed by atoms with Crippen molar-refractivity contribution < 1.29 is 14.6 Å². The summed E-state index contributed by atoms with van der Waals surface area (Å²) in [5.41, 5.74) is 3.80. The highest BCUT2D eigenvalue weighted by atomic mass is 16.5. The van der Waals surface area contributed by atoms with E-state index in [1.165, 1.54) is 0 Å². The summed E-state index contributed by atoms with van der Waals surface area (Å²) in [5, 5.41) is 16.8. The smallest absolute Gasteiger partial charge is 0.305 e. The maximum Gasteiger partial charge on any atom is 0.305 e. The Bertz CT molecular complexity index is 1070. The van der Waals surface area contributed by atoms with Crippen LogP contribution in [0, 0.1) is 0 Å². The van der Waals surface area contributed by atoms with Crippen molar-refractivity contribution in [1.82, 2.24) is 14.8 Å². The highest BCUT2D eigenvalue weighted by Gasteiger charge is 2.28. The lowest BCUT2D eigenvalue weighted by atomic mass is 9.78. The van der Waals surface area contributed by atoms with Crippen LogP contribution in [-0.4, -0.2) is 32.4 Å². The molecule has 3 aromatic rings. The van der Waals surface area contributed by atoms with E-state index < -0.39 is 0 Å². The van der Waals surface area contributed by atoms with Crippen LogP contribution < -0.4 is 0 Å². The molecule has 2 aromatic heterocycles. The summed E-state index contributed by atoms with van der Waals surface area (Å²) in [7, 11) is 0. The topological polar surface area (TPSA) is 77.2 Å². The van der Waals surface area contributed by atoms with Gasteiger partial charge < -0.3 is 9.84 Å². The van der Waals surface area contributed by atoms with Gasteiger partial charge in [-0.2, -0.15) is 5.10 Å². The number of esters is 1. The van der Waals surface area contributed by atoms with E-state index in [0.29, 0.717) is 18.7 Å². The molecule has 0 aliphatic rings. The van der Waals surface area contributed by atoms with E-state index in [2.05, 4.69) is 46.5 Å². The molecule has 0 atom stereocenters. The van der Waals surface area contributed by atoms with E-state index in [0.717, 1.165) is 33.4 Å². The lowest BCUT2D eigenvalue weighted by Crippen LogP contribution is -2.17. The molecule has 0 unspecified atom stereocenters. The molecule has 0 amide bonds. The molecule has 6 nitrogen and oxygen atoms in total. The van der Waals surface area contributed by atoms with Gasteiger partial charge >= 0.3 is 5.97 Å². The van der Waals surface area contributed by atoms with E-state index in [-0.39, 0.29) is 23.4 Å². The molecular weight excluding hydrogens is 390 g/mol. The molecule has 0 aliphatic heterocycles. The Balaban J connectivity index is 2.16. The Labute approximate surface area is 184 Å². The number of hydrogen-bond donors (Lipinski definition) is 1. The number of carbonyl (C=O) groups excluding carboxylic acids is 1. The van der Waals surface area contributed by atoms with E-state index in [4.69, 9.17) is 9.84 Å². The highest BCUT2D eigenvalue weighted by molar-refractivity contribution is 5.91. The van der Waals surface area contributed by atoms with Crippen LogP contribution in [0.1, 0.15) is 66.0 Å². The Hall–Kier alpha value is -2.89.